The maximum absolute atomic E-state index is 14.3. The highest BCUT2D eigenvalue weighted by Gasteiger charge is 2.69. The smallest absolute Gasteiger partial charge is 0.413 e. The van der Waals surface area contributed by atoms with Gasteiger partial charge in [0.05, 0.1) is 29.1 Å². The van der Waals surface area contributed by atoms with Crippen molar-refractivity contribution < 1.29 is 58.0 Å². The molecule has 0 bridgehead atoms. The number of ketones is 4. The van der Waals surface area contributed by atoms with Gasteiger partial charge in [-0.3, -0.25) is 43.4 Å². The summed E-state index contributed by atoms with van der Waals surface area (Å²) in [6.45, 7) is 3.75. The van der Waals surface area contributed by atoms with E-state index in [1.165, 1.54) is 25.1 Å². The van der Waals surface area contributed by atoms with Crippen LogP contribution >= 0.6 is 0 Å². The van der Waals surface area contributed by atoms with Crippen molar-refractivity contribution in [2.75, 3.05) is 51.7 Å². The maximum atomic E-state index is 14.3. The molecule has 54 heavy (non-hydrogen) atoms. The minimum absolute atomic E-state index is 0.0239. The van der Waals surface area contributed by atoms with Gasteiger partial charge in [0.25, 0.3) is 0 Å². The normalized spacial score (nSPS) is 26.8. The first-order valence-corrected chi connectivity index (χ1v) is 17.9. The number of phenols is 1. The van der Waals surface area contributed by atoms with Gasteiger partial charge in [0.15, 0.2) is 34.7 Å². The molecule has 4 aliphatic rings. The van der Waals surface area contributed by atoms with Gasteiger partial charge >= 0.3 is 12.1 Å². The molecular formula is C37H49N5O12. The van der Waals surface area contributed by atoms with Gasteiger partial charge < -0.3 is 35.6 Å². The number of Topliss-reactive ketones (excluding diaryl/α,β-unsaturated/α-hetero) is 4. The number of ether oxygens (including phenoxy) is 2. The van der Waals surface area contributed by atoms with Gasteiger partial charge in [0, 0.05) is 31.2 Å². The first kappa shape index (κ1) is 40.3. The number of likely N-dealkylation sites (N-methyl/N-ethyl adjacent to an activating group) is 1. The number of nitrogens with two attached hydrogens (primary N) is 1. The van der Waals surface area contributed by atoms with Gasteiger partial charge in [-0.05, 0) is 78.1 Å². The van der Waals surface area contributed by atoms with E-state index >= 15 is 0 Å². The highest BCUT2D eigenvalue weighted by molar-refractivity contribution is 6.32. The zero-order chi connectivity index (χ0) is 40.2. The van der Waals surface area contributed by atoms with E-state index in [0.717, 1.165) is 17.7 Å². The Hall–Kier alpha value is -4.90. The van der Waals surface area contributed by atoms with E-state index < -0.39 is 107 Å². The van der Waals surface area contributed by atoms with Gasteiger partial charge in [0.1, 0.15) is 12.3 Å². The molecule has 5 rings (SSSR count). The fraction of sp³-hybridized carbons (Fsp3) is 0.622. The summed E-state index contributed by atoms with van der Waals surface area (Å²) in [6.07, 6.45) is 2.20. The fourth-order valence-corrected chi connectivity index (χ4v) is 8.55. The number of aliphatic hydroxyl groups is 1. The van der Waals surface area contributed by atoms with Crippen LogP contribution in [-0.4, -0.2) is 126 Å². The Kier molecular flexibility index (Phi) is 11.0. The lowest BCUT2D eigenvalue weighted by Crippen LogP contribution is -2.74. The molecule has 4 aliphatic carbocycles. The average molecular weight is 756 g/mol. The molecule has 17 nitrogen and oxygen atoms in total. The summed E-state index contributed by atoms with van der Waals surface area (Å²) in [4.78, 5) is 111. The first-order valence-electron chi connectivity index (χ1n) is 17.9. The summed E-state index contributed by atoms with van der Waals surface area (Å²) >= 11 is 0. The third kappa shape index (κ3) is 6.94. The van der Waals surface area contributed by atoms with E-state index in [0.29, 0.717) is 24.1 Å². The second kappa shape index (κ2) is 14.7. The Bertz CT molecular complexity index is 1800. The summed E-state index contributed by atoms with van der Waals surface area (Å²) < 4.78 is 10.3. The largest absolute Gasteiger partial charge is 0.505 e. The number of carbonyl (C=O) groups is 8. The second-order valence-electron chi connectivity index (χ2n) is 16.1. The third-order valence-corrected chi connectivity index (χ3v) is 11.2. The van der Waals surface area contributed by atoms with Crippen LogP contribution in [0.25, 0.3) is 0 Å². The number of hydrogen-bond acceptors (Lipinski definition) is 14. The van der Waals surface area contributed by atoms with Crippen LogP contribution in [0, 0.1) is 29.6 Å². The standard InChI is InChI=1S/C37H49N5O12/c1-36(2,3)42(35(51)54-16-53-34(50)17-10-8-9-11-17)15-23(43)39-21-14-22(40(4)5)19-12-18-13-20-27(41(6)7)30(46)26(33(38)49)32(48)37(20,52)31(47)24(18)29(45)25(19)28(21)44/h14,17-18,20,24,26-27,44,52H,8-13,15-16H2,1-7H3,(H2,38,49)(H,39,43)/t18-,20-,24?,26?,27-,37-/m0/s1. The number of amides is 3. The monoisotopic (exact) mass is 755 g/mol. The first-order chi connectivity index (χ1) is 25.1. The van der Waals surface area contributed by atoms with Crippen molar-refractivity contribution in [2.45, 2.75) is 76.5 Å². The van der Waals surface area contributed by atoms with Crippen molar-refractivity contribution in [3.05, 3.63) is 17.2 Å². The minimum Gasteiger partial charge on any atom is -0.505 e. The van der Waals surface area contributed by atoms with Crippen LogP contribution in [0.4, 0.5) is 16.2 Å². The van der Waals surface area contributed by atoms with Crippen molar-refractivity contribution in [1.29, 1.82) is 0 Å². The van der Waals surface area contributed by atoms with Crippen LogP contribution in [-0.2, 0) is 44.7 Å². The Morgan fingerprint density at radius 3 is 2.19 bits per heavy atom. The number of esters is 1. The van der Waals surface area contributed by atoms with E-state index in [9.17, 15) is 48.6 Å². The molecule has 3 amide bonds. The summed E-state index contributed by atoms with van der Waals surface area (Å²) in [6, 6.07) is 0.208. The minimum atomic E-state index is -2.89. The summed E-state index contributed by atoms with van der Waals surface area (Å²) in [5.41, 5.74) is 1.78. The van der Waals surface area contributed by atoms with E-state index in [-0.39, 0.29) is 30.0 Å². The van der Waals surface area contributed by atoms with Gasteiger partial charge in [-0.15, -0.1) is 0 Å². The number of nitrogens with zero attached hydrogens (tertiary/aromatic N) is 3. The number of fused-ring (bicyclic) bond motifs is 3. The Morgan fingerprint density at radius 2 is 1.63 bits per heavy atom. The maximum Gasteiger partial charge on any atom is 0.413 e. The summed E-state index contributed by atoms with van der Waals surface area (Å²) in [5.74, 6) is -13.6. The van der Waals surface area contributed by atoms with Gasteiger partial charge in [-0.2, -0.15) is 0 Å². The van der Waals surface area contributed by atoms with Gasteiger partial charge in [0.2, 0.25) is 18.6 Å². The van der Waals surface area contributed by atoms with Crippen molar-refractivity contribution in [1.82, 2.24) is 9.80 Å². The van der Waals surface area contributed by atoms with E-state index in [2.05, 4.69) is 5.32 Å². The SMILES string of the molecule is CN(C)c1cc(NC(=O)CN(C(=O)OCOC(=O)C2CCCC2)C(C)(C)C)c(O)c2c1C[C@H]1C[C@H]3[C@H](N(C)C)C(=O)C(C(N)=O)C(=O)[C@@]3(O)C(=O)C1C2=O. The van der Waals surface area contributed by atoms with Crippen molar-refractivity contribution in [2.24, 2.45) is 35.3 Å². The lowest BCUT2D eigenvalue weighted by molar-refractivity contribution is -0.181. The van der Waals surface area contributed by atoms with Crippen LogP contribution in [0.15, 0.2) is 6.07 Å². The van der Waals surface area contributed by atoms with Gasteiger partial charge in [-0.1, -0.05) is 12.8 Å². The molecule has 6 atom stereocenters. The third-order valence-electron chi connectivity index (χ3n) is 11.2. The molecule has 294 valence electrons. The quantitative estimate of drug-likeness (QED) is 0.118. The number of carbonyl (C=O) groups excluding carboxylic acids is 8. The zero-order valence-electron chi connectivity index (χ0n) is 31.6. The lowest BCUT2D eigenvalue weighted by Gasteiger charge is -2.52. The van der Waals surface area contributed by atoms with Crippen molar-refractivity contribution in [3.63, 3.8) is 0 Å². The molecule has 0 radical (unpaired) electrons. The number of anilines is 2. The van der Waals surface area contributed by atoms with Crippen LogP contribution in [0.5, 0.6) is 5.75 Å². The molecule has 0 aliphatic heterocycles. The Morgan fingerprint density at radius 1 is 1.00 bits per heavy atom. The second-order valence-corrected chi connectivity index (χ2v) is 16.1. The van der Waals surface area contributed by atoms with Crippen LogP contribution < -0.4 is 16.0 Å². The predicted octanol–water partition coefficient (Wildman–Crippen LogP) is 0.800. The Balaban J connectivity index is 1.42. The zero-order valence-corrected chi connectivity index (χ0v) is 31.6. The summed E-state index contributed by atoms with van der Waals surface area (Å²) in [7, 11) is 6.35. The molecule has 5 N–H and O–H groups in total. The fourth-order valence-electron chi connectivity index (χ4n) is 8.55. The number of hydrogen-bond donors (Lipinski definition) is 4. The number of benzene rings is 1. The average Bonchev–Trinajstić information content (AvgIpc) is 3.61. The molecule has 17 heteroatoms. The van der Waals surface area contributed by atoms with Crippen LogP contribution in [0.1, 0.15) is 68.8 Å². The van der Waals surface area contributed by atoms with Crippen molar-refractivity contribution in [3.8, 4) is 5.75 Å². The molecule has 0 heterocycles. The molecule has 1 aromatic rings. The molecule has 3 fully saturated rings. The molecule has 0 saturated heterocycles. The summed E-state index contributed by atoms with van der Waals surface area (Å²) in [5, 5.41) is 26.0. The predicted molar refractivity (Wildman–Crippen MR) is 190 cm³/mol. The Labute approximate surface area is 312 Å². The molecule has 1 aromatic carbocycles. The molecule has 3 saturated carbocycles. The number of nitrogens with one attached hydrogen (secondary N) is 1. The van der Waals surface area contributed by atoms with Crippen LogP contribution in [0.3, 0.4) is 0 Å². The van der Waals surface area contributed by atoms with E-state index in [4.69, 9.17) is 15.2 Å². The highest BCUT2D eigenvalue weighted by atomic mass is 16.7. The molecular weight excluding hydrogens is 706 g/mol. The van der Waals surface area contributed by atoms with E-state index in [1.807, 2.05) is 0 Å². The number of aromatic hydroxyl groups is 1. The molecule has 0 aromatic heterocycles. The number of rotatable bonds is 9. The molecule has 2 unspecified atom stereocenters. The highest BCUT2D eigenvalue weighted by Crippen LogP contribution is 2.52. The van der Waals surface area contributed by atoms with Crippen molar-refractivity contribution >= 4 is 58.4 Å². The van der Waals surface area contributed by atoms with Gasteiger partial charge in [-0.25, -0.2) is 4.79 Å². The lowest BCUT2D eigenvalue weighted by atomic mass is 9.52. The number of primary amides is 1. The topological polar surface area (TPSA) is 243 Å². The van der Waals surface area contributed by atoms with Crippen LogP contribution in [0.2, 0.25) is 0 Å². The van der Waals surface area contributed by atoms with E-state index in [1.54, 1.807) is 39.8 Å². The molecule has 0 spiro atoms. The number of phenolic OH excluding ortho intramolecular Hbond substituents is 1.